The first kappa shape index (κ1) is 16.4. The third-order valence-corrected chi connectivity index (χ3v) is 4.58. The van der Waals surface area contributed by atoms with Crippen LogP contribution in [0.2, 0.25) is 0 Å². The Morgan fingerprint density at radius 3 is 2.96 bits per heavy atom. The molecule has 0 fully saturated rings. The van der Waals surface area contributed by atoms with Crippen LogP contribution in [0.25, 0.3) is 11.4 Å². The fraction of sp³-hybridized carbons (Fsp3) is 0.316. The topological polar surface area (TPSA) is 85.6 Å². The zero-order chi connectivity index (χ0) is 17.8. The lowest BCUT2D eigenvalue weighted by atomic mass is 9.92. The largest absolute Gasteiger partial charge is 0.349 e. The van der Waals surface area contributed by atoms with E-state index in [0.717, 1.165) is 41.9 Å². The predicted molar refractivity (Wildman–Crippen MR) is 95.9 cm³/mol. The van der Waals surface area contributed by atoms with Gasteiger partial charge in [-0.2, -0.15) is 5.10 Å². The zero-order valence-electron chi connectivity index (χ0n) is 14.4. The van der Waals surface area contributed by atoms with Crippen molar-refractivity contribution in [3.63, 3.8) is 0 Å². The van der Waals surface area contributed by atoms with Crippen LogP contribution in [0.3, 0.4) is 0 Å². The Bertz CT molecular complexity index is 878. The van der Waals surface area contributed by atoms with Crippen LogP contribution in [-0.2, 0) is 17.8 Å². The van der Waals surface area contributed by atoms with Crippen molar-refractivity contribution in [1.29, 1.82) is 0 Å². The van der Waals surface area contributed by atoms with E-state index in [0.29, 0.717) is 13.0 Å². The molecular formula is C19H20N6O. The first-order chi connectivity index (χ1) is 12.8. The monoisotopic (exact) mass is 348 g/mol. The summed E-state index contributed by atoms with van der Waals surface area (Å²) >= 11 is 0. The third kappa shape index (κ3) is 3.61. The summed E-state index contributed by atoms with van der Waals surface area (Å²) in [6, 6.07) is 9.94. The second kappa shape index (κ2) is 7.43. The van der Waals surface area contributed by atoms with Crippen LogP contribution in [0.5, 0.6) is 0 Å². The number of aromatic nitrogens is 5. The highest BCUT2D eigenvalue weighted by atomic mass is 16.1. The third-order valence-electron chi connectivity index (χ3n) is 4.58. The quantitative estimate of drug-likeness (QED) is 0.765. The lowest BCUT2D eigenvalue weighted by Crippen LogP contribution is -2.32. The maximum Gasteiger partial charge on any atom is 0.222 e. The Balaban J connectivity index is 1.46. The first-order valence-electron chi connectivity index (χ1n) is 8.82. The molecule has 2 aromatic heterocycles. The molecule has 7 heteroatoms. The zero-order valence-corrected chi connectivity index (χ0v) is 14.4. The van der Waals surface area contributed by atoms with Gasteiger partial charge in [-0.05, 0) is 19.3 Å². The van der Waals surface area contributed by atoms with Gasteiger partial charge in [0.1, 0.15) is 12.7 Å². The molecule has 1 atom stereocenters. The van der Waals surface area contributed by atoms with Crippen molar-refractivity contribution in [3.8, 4) is 11.4 Å². The molecule has 0 aliphatic heterocycles. The number of nitrogens with one attached hydrogen (secondary N) is 1. The van der Waals surface area contributed by atoms with Crippen LogP contribution in [-0.4, -0.2) is 30.6 Å². The maximum atomic E-state index is 12.3. The van der Waals surface area contributed by atoms with Gasteiger partial charge in [0, 0.05) is 29.4 Å². The summed E-state index contributed by atoms with van der Waals surface area (Å²) in [6.07, 6.45) is 8.16. The molecule has 1 amide bonds. The molecule has 0 saturated carbocycles. The van der Waals surface area contributed by atoms with Crippen molar-refractivity contribution >= 4 is 5.91 Å². The number of amides is 1. The fourth-order valence-electron chi connectivity index (χ4n) is 3.25. The van der Waals surface area contributed by atoms with Crippen LogP contribution >= 0.6 is 0 Å². The molecule has 1 aliphatic rings. The van der Waals surface area contributed by atoms with E-state index in [9.17, 15) is 4.79 Å². The minimum atomic E-state index is -0.0215. The molecule has 0 saturated heterocycles. The van der Waals surface area contributed by atoms with Gasteiger partial charge < -0.3 is 5.32 Å². The molecule has 2 heterocycles. The summed E-state index contributed by atoms with van der Waals surface area (Å²) in [5.74, 6) is 0.744. The van der Waals surface area contributed by atoms with Crippen molar-refractivity contribution in [2.45, 2.75) is 38.3 Å². The van der Waals surface area contributed by atoms with E-state index in [4.69, 9.17) is 4.98 Å². The van der Waals surface area contributed by atoms with Crippen LogP contribution in [0.4, 0.5) is 0 Å². The van der Waals surface area contributed by atoms with Gasteiger partial charge in [-0.25, -0.2) is 15.0 Å². The smallest absolute Gasteiger partial charge is 0.222 e. The van der Waals surface area contributed by atoms with Gasteiger partial charge in [-0.1, -0.05) is 30.3 Å². The van der Waals surface area contributed by atoms with E-state index in [2.05, 4.69) is 20.4 Å². The number of hydrogen-bond acceptors (Lipinski definition) is 5. The van der Waals surface area contributed by atoms with E-state index in [1.807, 2.05) is 36.5 Å². The van der Waals surface area contributed by atoms with E-state index < -0.39 is 0 Å². The summed E-state index contributed by atoms with van der Waals surface area (Å²) in [5.41, 5.74) is 3.08. The van der Waals surface area contributed by atoms with Crippen LogP contribution in [0.15, 0.2) is 49.2 Å². The Labute approximate surface area is 151 Å². The number of rotatable bonds is 5. The Hall–Kier alpha value is -3.09. The number of aryl methyl sites for hydroxylation is 2. The Morgan fingerprint density at radius 2 is 2.15 bits per heavy atom. The predicted octanol–water partition coefficient (Wildman–Crippen LogP) is 2.32. The number of nitrogens with zero attached hydrogens (tertiary/aromatic N) is 5. The molecule has 3 aromatic rings. The van der Waals surface area contributed by atoms with Gasteiger partial charge in [-0.3, -0.25) is 9.48 Å². The number of carbonyl (C=O) groups excluding carboxylic acids is 1. The van der Waals surface area contributed by atoms with Crippen molar-refractivity contribution in [1.82, 2.24) is 30.0 Å². The maximum absolute atomic E-state index is 12.3. The molecular weight excluding hydrogens is 328 g/mol. The van der Waals surface area contributed by atoms with E-state index >= 15 is 0 Å². The SMILES string of the molecule is O=C(CCn1cncn1)N[C@@H]1CCCc2nc(-c3ccccc3)ncc21. The van der Waals surface area contributed by atoms with Crippen molar-refractivity contribution < 1.29 is 4.79 Å². The highest BCUT2D eigenvalue weighted by Gasteiger charge is 2.24. The molecule has 0 radical (unpaired) electrons. The summed E-state index contributed by atoms with van der Waals surface area (Å²) in [4.78, 5) is 25.4. The van der Waals surface area contributed by atoms with Gasteiger partial charge in [0.2, 0.25) is 5.91 Å². The van der Waals surface area contributed by atoms with Crippen molar-refractivity contribution in [2.24, 2.45) is 0 Å². The summed E-state index contributed by atoms with van der Waals surface area (Å²) in [6.45, 7) is 0.523. The second-order valence-corrected chi connectivity index (χ2v) is 6.38. The summed E-state index contributed by atoms with van der Waals surface area (Å²) < 4.78 is 1.66. The molecule has 0 unspecified atom stereocenters. The van der Waals surface area contributed by atoms with Crippen molar-refractivity contribution in [3.05, 3.63) is 60.4 Å². The Kier molecular flexibility index (Phi) is 4.68. The highest BCUT2D eigenvalue weighted by Crippen LogP contribution is 2.29. The minimum Gasteiger partial charge on any atom is -0.349 e. The molecule has 0 spiro atoms. The Morgan fingerprint density at radius 1 is 1.27 bits per heavy atom. The second-order valence-electron chi connectivity index (χ2n) is 6.38. The fourth-order valence-corrected chi connectivity index (χ4v) is 3.25. The number of fused-ring (bicyclic) bond motifs is 1. The van der Waals surface area contributed by atoms with Gasteiger partial charge in [0.25, 0.3) is 0 Å². The summed E-state index contributed by atoms with van der Waals surface area (Å²) in [5, 5.41) is 7.13. The van der Waals surface area contributed by atoms with Gasteiger partial charge in [0.15, 0.2) is 5.82 Å². The lowest BCUT2D eigenvalue weighted by Gasteiger charge is -2.25. The van der Waals surface area contributed by atoms with Crippen LogP contribution in [0.1, 0.15) is 36.6 Å². The van der Waals surface area contributed by atoms with E-state index in [1.54, 1.807) is 11.0 Å². The molecule has 132 valence electrons. The van der Waals surface area contributed by atoms with Crippen LogP contribution < -0.4 is 5.32 Å². The average molecular weight is 348 g/mol. The minimum absolute atomic E-state index is 0.00508. The first-order valence-corrected chi connectivity index (χ1v) is 8.82. The van der Waals surface area contributed by atoms with Gasteiger partial charge in [-0.15, -0.1) is 0 Å². The molecule has 1 aliphatic carbocycles. The number of hydrogen-bond donors (Lipinski definition) is 1. The van der Waals surface area contributed by atoms with Crippen LogP contribution in [0, 0.1) is 0 Å². The number of benzene rings is 1. The average Bonchev–Trinajstić information content (AvgIpc) is 3.21. The van der Waals surface area contributed by atoms with E-state index in [1.165, 1.54) is 6.33 Å². The standard InChI is InChI=1S/C19H20N6O/c26-18(9-10-25-13-20-12-22-25)23-16-7-4-8-17-15(16)11-21-19(24-17)14-5-2-1-3-6-14/h1-3,5-6,11-13,16H,4,7-10H2,(H,23,26)/t16-/m1/s1. The molecule has 7 nitrogen and oxygen atoms in total. The van der Waals surface area contributed by atoms with E-state index in [-0.39, 0.29) is 11.9 Å². The molecule has 1 aromatic carbocycles. The molecule has 0 bridgehead atoms. The summed E-state index contributed by atoms with van der Waals surface area (Å²) in [7, 11) is 0. The van der Waals surface area contributed by atoms with Crippen molar-refractivity contribution in [2.75, 3.05) is 0 Å². The molecule has 1 N–H and O–H groups in total. The van der Waals surface area contributed by atoms with Gasteiger partial charge >= 0.3 is 0 Å². The van der Waals surface area contributed by atoms with Gasteiger partial charge in [0.05, 0.1) is 12.6 Å². The normalized spacial score (nSPS) is 16.1. The highest BCUT2D eigenvalue weighted by molar-refractivity contribution is 5.76. The molecule has 26 heavy (non-hydrogen) atoms. The lowest BCUT2D eigenvalue weighted by molar-refractivity contribution is -0.122. The number of carbonyl (C=O) groups is 1. The molecule has 4 rings (SSSR count).